The van der Waals surface area contributed by atoms with Gasteiger partial charge >= 0.3 is 0 Å². The highest BCUT2D eigenvalue weighted by atomic mass is 32.2. The molecule has 0 saturated carbocycles. The van der Waals surface area contributed by atoms with Crippen molar-refractivity contribution in [1.82, 2.24) is 14.9 Å². The van der Waals surface area contributed by atoms with Crippen LogP contribution in [0.3, 0.4) is 0 Å². The van der Waals surface area contributed by atoms with E-state index in [-0.39, 0.29) is 12.5 Å². The zero-order valence-corrected chi connectivity index (χ0v) is 19.0. The van der Waals surface area contributed by atoms with E-state index < -0.39 is 0 Å². The number of nitrogens with two attached hydrogens (primary N) is 1. The van der Waals surface area contributed by atoms with Crippen LogP contribution in [0.2, 0.25) is 0 Å². The van der Waals surface area contributed by atoms with Crippen LogP contribution >= 0.6 is 11.8 Å². The van der Waals surface area contributed by atoms with Gasteiger partial charge in [0.2, 0.25) is 11.9 Å². The third-order valence-electron chi connectivity index (χ3n) is 5.35. The number of hydrogen-bond donors (Lipinski definition) is 2. The van der Waals surface area contributed by atoms with Gasteiger partial charge in [-0.05, 0) is 30.8 Å². The van der Waals surface area contributed by atoms with Gasteiger partial charge in [-0.15, -0.1) is 0 Å². The van der Waals surface area contributed by atoms with Crippen molar-refractivity contribution in [1.29, 1.82) is 0 Å². The van der Waals surface area contributed by atoms with E-state index in [1.54, 1.807) is 11.8 Å². The minimum atomic E-state index is -0.211. The molecule has 0 atom stereocenters. The highest BCUT2D eigenvalue weighted by Crippen LogP contribution is 2.32. The lowest BCUT2D eigenvalue weighted by Crippen LogP contribution is -2.45. The van der Waals surface area contributed by atoms with Crippen LogP contribution in [-0.4, -0.2) is 60.5 Å². The first kappa shape index (κ1) is 22.3. The Balaban J connectivity index is 1.60. The summed E-state index contributed by atoms with van der Waals surface area (Å²) in [6, 6.07) is 18.1. The Kier molecular flexibility index (Phi) is 7.36. The lowest BCUT2D eigenvalue weighted by molar-refractivity contribution is -0.114. The Labute approximate surface area is 193 Å². The second-order valence-electron chi connectivity index (χ2n) is 7.82. The molecule has 3 N–H and O–H groups in total. The molecule has 2 aromatic carbocycles. The molecule has 4 rings (SSSR count). The van der Waals surface area contributed by atoms with E-state index >= 15 is 0 Å². The Morgan fingerprint density at radius 1 is 1.09 bits per heavy atom. The zero-order valence-electron chi connectivity index (χ0n) is 18.2. The van der Waals surface area contributed by atoms with Gasteiger partial charge in [-0.2, -0.15) is 0 Å². The molecule has 1 aliphatic heterocycles. The molecule has 1 amide bonds. The standard InChI is InChI=1S/C24H28N6OS/c1-29-10-12-30(13-11-29)24-26-17-22(21(28-24)14-18-6-3-2-4-7-18)32-20-9-5-8-19(15-20)27-23(31)16-25/h2-9,15,17H,10-14,16,25H2,1H3,(H,27,31). The molecule has 1 aromatic heterocycles. The van der Waals surface area contributed by atoms with Gasteiger partial charge in [-0.1, -0.05) is 48.2 Å². The number of nitrogens with zero attached hydrogens (tertiary/aromatic N) is 4. The largest absolute Gasteiger partial charge is 0.338 e. The molecule has 0 radical (unpaired) electrons. The van der Waals surface area contributed by atoms with Crippen LogP contribution < -0.4 is 16.0 Å². The maximum absolute atomic E-state index is 11.6. The summed E-state index contributed by atoms with van der Waals surface area (Å²) < 4.78 is 0. The number of likely N-dealkylation sites (N-methyl/N-ethyl adjacent to an activating group) is 1. The van der Waals surface area contributed by atoms with E-state index in [2.05, 4.69) is 34.3 Å². The predicted octanol–water partition coefficient (Wildman–Crippen LogP) is 2.87. The Morgan fingerprint density at radius 3 is 2.62 bits per heavy atom. The number of anilines is 2. The smallest absolute Gasteiger partial charge is 0.238 e. The molecule has 7 nitrogen and oxygen atoms in total. The number of nitrogens with one attached hydrogen (secondary N) is 1. The van der Waals surface area contributed by atoms with Crippen LogP contribution in [0.15, 0.2) is 70.6 Å². The van der Waals surface area contributed by atoms with Crippen LogP contribution in [-0.2, 0) is 11.2 Å². The minimum absolute atomic E-state index is 0.0415. The topological polar surface area (TPSA) is 87.4 Å². The average molecular weight is 449 g/mol. The van der Waals surface area contributed by atoms with Gasteiger partial charge in [0.05, 0.1) is 17.1 Å². The van der Waals surface area contributed by atoms with Crippen LogP contribution in [0.1, 0.15) is 11.3 Å². The third kappa shape index (κ3) is 5.85. The van der Waals surface area contributed by atoms with E-state index in [0.717, 1.165) is 59.7 Å². The molecule has 0 aliphatic carbocycles. The summed E-state index contributed by atoms with van der Waals surface area (Å²) in [6.45, 7) is 3.83. The quantitative estimate of drug-likeness (QED) is 0.575. The molecule has 3 aromatic rings. The molecule has 166 valence electrons. The first-order valence-electron chi connectivity index (χ1n) is 10.7. The van der Waals surface area contributed by atoms with Crippen LogP contribution in [0, 0.1) is 0 Å². The van der Waals surface area contributed by atoms with Crippen LogP contribution in [0.4, 0.5) is 11.6 Å². The summed E-state index contributed by atoms with van der Waals surface area (Å²) in [7, 11) is 2.14. The fourth-order valence-electron chi connectivity index (χ4n) is 3.53. The van der Waals surface area contributed by atoms with Crippen molar-refractivity contribution in [2.24, 2.45) is 5.73 Å². The molecular formula is C24H28N6OS. The van der Waals surface area contributed by atoms with Crippen molar-refractivity contribution in [3.8, 4) is 0 Å². The summed E-state index contributed by atoms with van der Waals surface area (Å²) >= 11 is 1.60. The number of carbonyl (C=O) groups excluding carboxylic acids is 1. The van der Waals surface area contributed by atoms with Crippen LogP contribution in [0.5, 0.6) is 0 Å². The van der Waals surface area contributed by atoms with Gasteiger partial charge < -0.3 is 20.9 Å². The van der Waals surface area contributed by atoms with E-state index in [9.17, 15) is 4.79 Å². The molecular weight excluding hydrogens is 420 g/mol. The number of benzene rings is 2. The maximum Gasteiger partial charge on any atom is 0.238 e. The Bertz CT molecular complexity index is 1050. The first-order valence-corrected chi connectivity index (χ1v) is 11.5. The normalized spacial score (nSPS) is 14.4. The van der Waals surface area contributed by atoms with Gasteiger partial charge in [-0.3, -0.25) is 4.79 Å². The van der Waals surface area contributed by atoms with E-state index in [0.29, 0.717) is 0 Å². The molecule has 1 fully saturated rings. The van der Waals surface area contributed by atoms with Gasteiger partial charge in [-0.25, -0.2) is 9.97 Å². The highest BCUT2D eigenvalue weighted by molar-refractivity contribution is 7.99. The molecule has 1 aliphatic rings. The van der Waals surface area contributed by atoms with Crippen LogP contribution in [0.25, 0.3) is 0 Å². The van der Waals surface area contributed by atoms with Crippen molar-refractivity contribution in [2.75, 3.05) is 50.0 Å². The SMILES string of the molecule is CN1CCN(c2ncc(Sc3cccc(NC(=O)CN)c3)c(Cc3ccccc3)n2)CC1. The first-order chi connectivity index (χ1) is 15.6. The molecule has 0 spiro atoms. The number of hydrogen-bond acceptors (Lipinski definition) is 7. The molecule has 0 bridgehead atoms. The summed E-state index contributed by atoms with van der Waals surface area (Å²) in [5.41, 5.74) is 8.36. The number of carbonyl (C=O) groups is 1. The fourth-order valence-corrected chi connectivity index (χ4v) is 4.46. The van der Waals surface area contributed by atoms with Gasteiger partial charge in [0, 0.05) is 49.4 Å². The number of rotatable bonds is 7. The van der Waals surface area contributed by atoms with Gasteiger partial charge in [0.15, 0.2) is 0 Å². The monoisotopic (exact) mass is 448 g/mol. The minimum Gasteiger partial charge on any atom is -0.338 e. The third-order valence-corrected chi connectivity index (χ3v) is 6.40. The number of piperazine rings is 1. The number of amides is 1. The van der Waals surface area contributed by atoms with Crippen molar-refractivity contribution in [2.45, 2.75) is 16.2 Å². The molecule has 1 saturated heterocycles. The van der Waals surface area contributed by atoms with Crippen molar-refractivity contribution in [3.63, 3.8) is 0 Å². The highest BCUT2D eigenvalue weighted by Gasteiger charge is 2.18. The fraction of sp³-hybridized carbons (Fsp3) is 0.292. The molecule has 32 heavy (non-hydrogen) atoms. The van der Waals surface area contributed by atoms with E-state index in [1.165, 1.54) is 5.56 Å². The Morgan fingerprint density at radius 2 is 1.88 bits per heavy atom. The lowest BCUT2D eigenvalue weighted by atomic mass is 10.1. The molecule has 8 heteroatoms. The summed E-state index contributed by atoms with van der Waals surface area (Å²) in [6.07, 6.45) is 2.66. The maximum atomic E-state index is 11.6. The second-order valence-corrected chi connectivity index (χ2v) is 8.93. The Hall–Kier alpha value is -2.94. The van der Waals surface area contributed by atoms with E-state index in [1.807, 2.05) is 48.7 Å². The van der Waals surface area contributed by atoms with Crippen molar-refractivity contribution in [3.05, 3.63) is 72.1 Å². The van der Waals surface area contributed by atoms with E-state index in [4.69, 9.17) is 15.7 Å². The summed E-state index contributed by atoms with van der Waals surface area (Å²) in [5.74, 6) is 0.578. The summed E-state index contributed by atoms with van der Waals surface area (Å²) in [4.78, 5) is 27.9. The van der Waals surface area contributed by atoms with Gasteiger partial charge in [0.25, 0.3) is 0 Å². The second kappa shape index (κ2) is 10.6. The van der Waals surface area contributed by atoms with Crippen molar-refractivity contribution < 1.29 is 4.79 Å². The molecule has 2 heterocycles. The van der Waals surface area contributed by atoms with Crippen molar-refractivity contribution >= 4 is 29.3 Å². The van der Waals surface area contributed by atoms with Gasteiger partial charge in [0.1, 0.15) is 0 Å². The average Bonchev–Trinajstić information content (AvgIpc) is 2.81. The zero-order chi connectivity index (χ0) is 22.3. The molecule has 0 unspecified atom stereocenters. The lowest BCUT2D eigenvalue weighted by Gasteiger charge is -2.32. The summed E-state index contributed by atoms with van der Waals surface area (Å²) in [5, 5.41) is 2.81. The number of aromatic nitrogens is 2. The predicted molar refractivity (Wildman–Crippen MR) is 129 cm³/mol.